The van der Waals surface area contributed by atoms with Crippen LogP contribution in [0.25, 0.3) is 0 Å². The Bertz CT molecular complexity index is 942. The lowest BCUT2D eigenvalue weighted by Crippen LogP contribution is -2.33. The Kier molecular flexibility index (Phi) is 5.16. The van der Waals surface area contributed by atoms with Gasteiger partial charge >= 0.3 is 0 Å². The topological polar surface area (TPSA) is 103 Å². The minimum Gasteiger partial charge on any atom is -0.444 e. The molecule has 6 nitrogen and oxygen atoms in total. The first-order valence-corrected chi connectivity index (χ1v) is 9.29. The summed E-state index contributed by atoms with van der Waals surface area (Å²) in [5, 5.41) is 18.4. The van der Waals surface area contributed by atoms with Gasteiger partial charge in [-0.3, -0.25) is 4.79 Å². The lowest BCUT2D eigenvalue weighted by atomic mass is 9.70. The first-order chi connectivity index (χ1) is 13.3. The fourth-order valence-corrected chi connectivity index (χ4v) is 3.89. The summed E-state index contributed by atoms with van der Waals surface area (Å²) in [5.41, 5.74) is 8.47. The van der Waals surface area contributed by atoms with Crippen molar-refractivity contribution in [1.29, 1.82) is 10.5 Å². The van der Waals surface area contributed by atoms with Crippen LogP contribution < -0.4 is 10.6 Å². The van der Waals surface area contributed by atoms with Gasteiger partial charge in [-0.1, -0.05) is 26.0 Å². The predicted octanol–water partition coefficient (Wildman–Crippen LogP) is 3.49. The second-order valence-electron chi connectivity index (χ2n) is 8.12. The zero-order valence-electron chi connectivity index (χ0n) is 16.5. The normalized spacial score (nSPS) is 20.8. The number of ketones is 1. The molecule has 0 fully saturated rings. The van der Waals surface area contributed by atoms with Gasteiger partial charge < -0.3 is 15.4 Å². The number of nitrogens with zero attached hydrogens (tertiary/aromatic N) is 3. The maximum atomic E-state index is 12.9. The van der Waals surface area contributed by atoms with Crippen molar-refractivity contribution in [2.75, 3.05) is 18.5 Å². The highest BCUT2D eigenvalue weighted by Gasteiger charge is 2.42. The highest BCUT2D eigenvalue weighted by Crippen LogP contribution is 2.47. The summed E-state index contributed by atoms with van der Waals surface area (Å²) in [4.78, 5) is 14.9. The summed E-state index contributed by atoms with van der Waals surface area (Å²) in [6, 6.07) is 12.0. The minimum absolute atomic E-state index is 0.00622. The Labute approximate surface area is 165 Å². The van der Waals surface area contributed by atoms with Crippen LogP contribution in [-0.4, -0.2) is 19.4 Å². The number of nitriles is 2. The summed E-state index contributed by atoms with van der Waals surface area (Å²) in [5.74, 6) is 0.160. The Balaban J connectivity index is 2.01. The molecule has 1 aromatic carbocycles. The van der Waals surface area contributed by atoms with Gasteiger partial charge in [0.1, 0.15) is 17.4 Å². The molecule has 0 spiro atoms. The summed E-state index contributed by atoms with van der Waals surface area (Å²) >= 11 is 0. The third-order valence-electron chi connectivity index (χ3n) is 5.30. The number of hydrogen-bond acceptors (Lipinski definition) is 6. The molecule has 1 aromatic rings. The summed E-state index contributed by atoms with van der Waals surface area (Å²) in [7, 11) is 1.92. The Hall–Kier alpha value is -3.25. The summed E-state index contributed by atoms with van der Waals surface area (Å²) in [6.07, 6.45) is 1.47. The number of benzene rings is 1. The van der Waals surface area contributed by atoms with Crippen LogP contribution in [-0.2, 0) is 9.53 Å². The van der Waals surface area contributed by atoms with Crippen LogP contribution in [0.4, 0.5) is 5.69 Å². The van der Waals surface area contributed by atoms with Crippen molar-refractivity contribution in [3.63, 3.8) is 0 Å². The molecule has 2 aliphatic rings. The molecule has 1 aliphatic heterocycles. The van der Waals surface area contributed by atoms with E-state index < -0.39 is 5.92 Å². The number of anilines is 1. The highest BCUT2D eigenvalue weighted by molar-refractivity contribution is 6.00. The zero-order valence-corrected chi connectivity index (χ0v) is 16.5. The molecule has 144 valence electrons. The lowest BCUT2D eigenvalue weighted by Gasteiger charge is -2.37. The molecule has 1 atom stereocenters. The summed E-state index contributed by atoms with van der Waals surface area (Å²) < 4.78 is 5.71. The Morgan fingerprint density at radius 2 is 1.93 bits per heavy atom. The molecule has 0 saturated heterocycles. The maximum absolute atomic E-state index is 12.9. The number of rotatable bonds is 4. The van der Waals surface area contributed by atoms with Gasteiger partial charge in [-0.05, 0) is 23.1 Å². The van der Waals surface area contributed by atoms with Gasteiger partial charge in [0.15, 0.2) is 5.78 Å². The van der Waals surface area contributed by atoms with Gasteiger partial charge in [0.2, 0.25) is 5.88 Å². The molecule has 2 N–H and O–H groups in total. The highest BCUT2D eigenvalue weighted by atomic mass is 16.5. The van der Waals surface area contributed by atoms with Crippen LogP contribution in [0.5, 0.6) is 0 Å². The van der Waals surface area contributed by atoms with Crippen molar-refractivity contribution in [3.8, 4) is 12.1 Å². The van der Waals surface area contributed by atoms with E-state index in [0.29, 0.717) is 37.1 Å². The third-order valence-corrected chi connectivity index (χ3v) is 5.30. The SMILES string of the molecule is CN(CCC#N)c1ccc([C@@H]2C(C#N)=C(N)OC3=C2C(=O)CC(C)(C)C3)cc1. The van der Waals surface area contributed by atoms with E-state index in [1.165, 1.54) is 0 Å². The molecule has 0 unspecified atom stereocenters. The van der Waals surface area contributed by atoms with Crippen LogP contribution in [0, 0.1) is 28.1 Å². The van der Waals surface area contributed by atoms with E-state index in [-0.39, 0.29) is 22.7 Å². The van der Waals surface area contributed by atoms with Gasteiger partial charge in [0.25, 0.3) is 0 Å². The van der Waals surface area contributed by atoms with Crippen LogP contribution in [0.1, 0.15) is 44.6 Å². The largest absolute Gasteiger partial charge is 0.444 e. The first kappa shape index (κ1) is 19.5. The molecule has 6 heteroatoms. The number of carbonyl (C=O) groups excluding carboxylic acids is 1. The van der Waals surface area contributed by atoms with E-state index in [1.54, 1.807) is 0 Å². The van der Waals surface area contributed by atoms with E-state index in [2.05, 4.69) is 12.1 Å². The van der Waals surface area contributed by atoms with Gasteiger partial charge in [0.05, 0.1) is 18.4 Å². The van der Waals surface area contributed by atoms with Crippen LogP contribution in [0.15, 0.2) is 47.1 Å². The van der Waals surface area contributed by atoms with E-state index in [0.717, 1.165) is 11.3 Å². The summed E-state index contributed by atoms with van der Waals surface area (Å²) in [6.45, 7) is 4.68. The standard InChI is InChI=1S/C22H24N4O2/c1-22(2)11-17(27)20-18(12-22)28-21(25)16(13-24)19(20)14-5-7-15(8-6-14)26(3)10-4-9-23/h5-8,19H,4,10-12,25H2,1-3H3/t19-/m1/s1. The molecular weight excluding hydrogens is 352 g/mol. The Morgan fingerprint density at radius 3 is 2.54 bits per heavy atom. The Morgan fingerprint density at radius 1 is 1.25 bits per heavy atom. The fraction of sp³-hybridized carbons (Fsp3) is 0.409. The first-order valence-electron chi connectivity index (χ1n) is 9.29. The molecule has 0 radical (unpaired) electrons. The molecule has 0 aromatic heterocycles. The zero-order chi connectivity index (χ0) is 20.5. The number of carbonyl (C=O) groups is 1. The number of ether oxygens (including phenoxy) is 1. The van der Waals surface area contributed by atoms with Crippen molar-refractivity contribution in [2.24, 2.45) is 11.1 Å². The van der Waals surface area contributed by atoms with Crippen LogP contribution in [0.3, 0.4) is 0 Å². The smallest absolute Gasteiger partial charge is 0.205 e. The molecule has 1 aliphatic carbocycles. The van der Waals surface area contributed by atoms with Crippen molar-refractivity contribution in [1.82, 2.24) is 0 Å². The van der Waals surface area contributed by atoms with Gasteiger partial charge in [0, 0.05) is 37.7 Å². The molecule has 28 heavy (non-hydrogen) atoms. The molecular formula is C22H24N4O2. The maximum Gasteiger partial charge on any atom is 0.205 e. The number of hydrogen-bond donors (Lipinski definition) is 1. The van der Waals surface area contributed by atoms with Gasteiger partial charge in [-0.2, -0.15) is 10.5 Å². The molecule has 3 rings (SSSR count). The molecule has 1 heterocycles. The van der Waals surface area contributed by atoms with Gasteiger partial charge in [-0.15, -0.1) is 0 Å². The predicted molar refractivity (Wildman–Crippen MR) is 106 cm³/mol. The average Bonchev–Trinajstić information content (AvgIpc) is 2.64. The van der Waals surface area contributed by atoms with Crippen LogP contribution >= 0.6 is 0 Å². The van der Waals surface area contributed by atoms with Gasteiger partial charge in [-0.25, -0.2) is 0 Å². The third kappa shape index (κ3) is 3.59. The molecule has 0 bridgehead atoms. The molecule has 0 saturated carbocycles. The minimum atomic E-state index is -0.504. The number of allylic oxidation sites excluding steroid dienone is 3. The molecule has 0 amide bonds. The van der Waals surface area contributed by atoms with Crippen molar-refractivity contribution in [3.05, 3.63) is 52.6 Å². The van der Waals surface area contributed by atoms with Crippen molar-refractivity contribution in [2.45, 2.75) is 39.0 Å². The number of nitrogens with two attached hydrogens (primary N) is 1. The van der Waals surface area contributed by atoms with E-state index in [4.69, 9.17) is 15.7 Å². The average molecular weight is 376 g/mol. The number of Topliss-reactive ketones (excluding diaryl/α,β-unsaturated/α-hetero) is 1. The quantitative estimate of drug-likeness (QED) is 0.863. The fourth-order valence-electron chi connectivity index (χ4n) is 3.89. The monoisotopic (exact) mass is 376 g/mol. The lowest BCUT2D eigenvalue weighted by molar-refractivity contribution is -0.119. The van der Waals surface area contributed by atoms with E-state index >= 15 is 0 Å². The van der Waals surface area contributed by atoms with Crippen LogP contribution in [0.2, 0.25) is 0 Å². The second-order valence-corrected chi connectivity index (χ2v) is 8.12. The van der Waals surface area contributed by atoms with Crippen molar-refractivity contribution >= 4 is 11.5 Å². The second kappa shape index (κ2) is 7.40. The van der Waals surface area contributed by atoms with E-state index in [9.17, 15) is 10.1 Å². The van der Waals surface area contributed by atoms with E-state index in [1.807, 2.05) is 50.1 Å². The van der Waals surface area contributed by atoms with Crippen molar-refractivity contribution < 1.29 is 9.53 Å².